The molecule has 74 valence electrons. The average Bonchev–Trinajstić information content (AvgIpc) is 2.50. The molecule has 0 aliphatic rings. The van der Waals surface area contributed by atoms with E-state index in [1.54, 1.807) is 18.3 Å². The molecule has 0 bridgehead atoms. The van der Waals surface area contributed by atoms with E-state index >= 15 is 0 Å². The van der Waals surface area contributed by atoms with Crippen LogP contribution in [0.25, 0.3) is 0 Å². The lowest BCUT2D eigenvalue weighted by atomic mass is 10.2. The quantitative estimate of drug-likeness (QED) is 0.716. The second-order valence-electron chi connectivity index (χ2n) is 2.91. The maximum atomic E-state index is 10.3. The van der Waals surface area contributed by atoms with Crippen molar-refractivity contribution in [1.29, 1.82) is 5.26 Å². The highest BCUT2D eigenvalue weighted by Gasteiger charge is 2.11. The van der Waals surface area contributed by atoms with Gasteiger partial charge in [0.2, 0.25) is 0 Å². The fourth-order valence-corrected chi connectivity index (χ4v) is 1.17. The lowest BCUT2D eigenvalue weighted by Gasteiger charge is -2.09. The topological polar surface area (TPSA) is 86.3 Å². The van der Waals surface area contributed by atoms with Gasteiger partial charge in [-0.05, 0) is 12.1 Å². The molecule has 1 atom stereocenters. The van der Waals surface area contributed by atoms with Gasteiger partial charge in [-0.25, -0.2) is 0 Å². The number of aromatic nitrogens is 1. The van der Waals surface area contributed by atoms with E-state index < -0.39 is 12.1 Å². The first-order valence-corrected chi connectivity index (χ1v) is 4.08. The van der Waals surface area contributed by atoms with E-state index in [9.17, 15) is 9.90 Å². The van der Waals surface area contributed by atoms with Gasteiger partial charge in [0.05, 0.1) is 12.5 Å². The van der Waals surface area contributed by atoms with Crippen LogP contribution in [0, 0.1) is 11.3 Å². The first-order chi connectivity index (χ1) is 6.63. The highest BCUT2D eigenvalue weighted by atomic mass is 16.4. The van der Waals surface area contributed by atoms with Crippen molar-refractivity contribution >= 4 is 5.97 Å². The zero-order chi connectivity index (χ0) is 10.6. The summed E-state index contributed by atoms with van der Waals surface area (Å²) in [6.45, 7) is 0.127. The van der Waals surface area contributed by atoms with Crippen molar-refractivity contribution in [3.63, 3.8) is 0 Å². The number of aliphatic carboxylic acids is 1. The Morgan fingerprint density at radius 1 is 1.71 bits per heavy atom. The molecule has 5 nitrogen and oxygen atoms in total. The lowest BCUT2D eigenvalue weighted by Crippen LogP contribution is -2.19. The first kappa shape index (κ1) is 10.3. The minimum Gasteiger partial charge on any atom is -0.481 e. The molecule has 14 heavy (non-hydrogen) atoms. The summed E-state index contributed by atoms with van der Waals surface area (Å²) < 4.78 is 1.52. The minimum atomic E-state index is -1.05. The van der Waals surface area contributed by atoms with E-state index in [-0.39, 0.29) is 13.0 Å². The number of carboxylic acid groups (broad SMARTS) is 1. The number of hydrogen-bond donors (Lipinski definition) is 2. The third-order valence-electron chi connectivity index (χ3n) is 1.76. The number of carboxylic acids is 1. The Labute approximate surface area is 80.8 Å². The molecule has 5 heteroatoms. The predicted molar refractivity (Wildman–Crippen MR) is 47.4 cm³/mol. The zero-order valence-corrected chi connectivity index (χ0v) is 7.42. The zero-order valence-electron chi connectivity index (χ0n) is 7.42. The van der Waals surface area contributed by atoms with Gasteiger partial charge in [-0.15, -0.1) is 0 Å². The van der Waals surface area contributed by atoms with Crippen molar-refractivity contribution in [2.24, 2.45) is 0 Å². The Hall–Kier alpha value is -1.80. The van der Waals surface area contributed by atoms with Gasteiger partial charge in [-0.3, -0.25) is 4.79 Å². The van der Waals surface area contributed by atoms with E-state index in [1.165, 1.54) is 4.57 Å². The molecule has 0 fully saturated rings. The second-order valence-corrected chi connectivity index (χ2v) is 2.91. The van der Waals surface area contributed by atoms with Crippen LogP contribution in [0.1, 0.15) is 12.1 Å². The van der Waals surface area contributed by atoms with Crippen LogP contribution in [0.15, 0.2) is 18.3 Å². The molecule has 0 saturated carbocycles. The van der Waals surface area contributed by atoms with Crippen molar-refractivity contribution in [1.82, 2.24) is 4.57 Å². The van der Waals surface area contributed by atoms with Crippen LogP contribution >= 0.6 is 0 Å². The maximum Gasteiger partial charge on any atom is 0.306 e. The van der Waals surface area contributed by atoms with Crippen molar-refractivity contribution in [2.75, 3.05) is 0 Å². The number of hydrogen-bond acceptors (Lipinski definition) is 3. The molecule has 0 aliphatic carbocycles. The molecular formula is C9H10N2O3. The van der Waals surface area contributed by atoms with Gasteiger partial charge in [-0.2, -0.15) is 5.26 Å². The molecule has 0 amide bonds. The molecule has 2 N–H and O–H groups in total. The average molecular weight is 194 g/mol. The number of carbonyl (C=O) groups is 1. The highest BCUT2D eigenvalue weighted by molar-refractivity contribution is 5.67. The van der Waals surface area contributed by atoms with Crippen LogP contribution in [0.3, 0.4) is 0 Å². The van der Waals surface area contributed by atoms with Crippen molar-refractivity contribution in [3.05, 3.63) is 24.0 Å². The van der Waals surface area contributed by atoms with Crippen LogP contribution in [0.5, 0.6) is 0 Å². The van der Waals surface area contributed by atoms with Gasteiger partial charge in [0, 0.05) is 12.7 Å². The lowest BCUT2D eigenvalue weighted by molar-refractivity contribution is -0.139. The normalized spacial score (nSPS) is 12.0. The summed E-state index contributed by atoms with van der Waals surface area (Å²) in [6.07, 6.45) is 0.346. The smallest absolute Gasteiger partial charge is 0.306 e. The second kappa shape index (κ2) is 4.44. The Morgan fingerprint density at radius 2 is 2.43 bits per heavy atom. The fourth-order valence-electron chi connectivity index (χ4n) is 1.17. The number of nitriles is 1. The molecule has 1 aromatic heterocycles. The summed E-state index contributed by atoms with van der Waals surface area (Å²) >= 11 is 0. The summed E-state index contributed by atoms with van der Waals surface area (Å²) in [4.78, 5) is 10.3. The van der Waals surface area contributed by atoms with Crippen molar-refractivity contribution < 1.29 is 15.0 Å². The number of nitrogens with zero attached hydrogens (tertiary/aromatic N) is 2. The summed E-state index contributed by atoms with van der Waals surface area (Å²) in [6, 6.07) is 5.22. The van der Waals surface area contributed by atoms with Gasteiger partial charge < -0.3 is 14.8 Å². The fraction of sp³-hybridized carbons (Fsp3) is 0.333. The van der Waals surface area contributed by atoms with E-state index in [0.717, 1.165) is 0 Å². The van der Waals surface area contributed by atoms with Crippen LogP contribution < -0.4 is 0 Å². The summed E-state index contributed by atoms with van der Waals surface area (Å²) in [5.74, 6) is -1.05. The number of rotatable bonds is 4. The van der Waals surface area contributed by atoms with Crippen LogP contribution in [-0.2, 0) is 11.3 Å². The SMILES string of the molecule is N#Cc1cccn1CC(O)CC(=O)O. The maximum absolute atomic E-state index is 10.3. The Balaban J connectivity index is 2.61. The minimum absolute atomic E-state index is 0.127. The Bertz CT molecular complexity index is 364. The van der Waals surface area contributed by atoms with E-state index in [1.807, 2.05) is 6.07 Å². The summed E-state index contributed by atoms with van der Waals surface area (Å²) in [5, 5.41) is 26.3. The highest BCUT2D eigenvalue weighted by Crippen LogP contribution is 2.03. The number of aliphatic hydroxyl groups is 1. The van der Waals surface area contributed by atoms with E-state index in [0.29, 0.717) is 5.69 Å². The van der Waals surface area contributed by atoms with Gasteiger partial charge in [0.25, 0.3) is 0 Å². The molecule has 0 radical (unpaired) electrons. The number of aliphatic hydroxyl groups excluding tert-OH is 1. The molecular weight excluding hydrogens is 184 g/mol. The van der Waals surface area contributed by atoms with Gasteiger partial charge in [-0.1, -0.05) is 0 Å². The van der Waals surface area contributed by atoms with Crippen LogP contribution in [0.2, 0.25) is 0 Å². The summed E-state index contributed by atoms with van der Waals surface area (Å²) in [7, 11) is 0. The van der Waals surface area contributed by atoms with E-state index in [2.05, 4.69) is 0 Å². The predicted octanol–water partition coefficient (Wildman–Crippen LogP) is 0.195. The molecule has 0 spiro atoms. The first-order valence-electron chi connectivity index (χ1n) is 4.08. The molecule has 0 saturated heterocycles. The molecule has 0 aromatic carbocycles. The molecule has 1 rings (SSSR count). The van der Waals surface area contributed by atoms with Crippen molar-refractivity contribution in [2.45, 2.75) is 19.1 Å². The standard InChI is InChI=1S/C9H10N2O3/c10-5-7-2-1-3-11(7)6-8(12)4-9(13)14/h1-3,8,12H,4,6H2,(H,13,14). The molecule has 0 aliphatic heterocycles. The van der Waals surface area contributed by atoms with Crippen molar-refractivity contribution in [3.8, 4) is 6.07 Å². The monoisotopic (exact) mass is 194 g/mol. The largest absolute Gasteiger partial charge is 0.481 e. The van der Waals surface area contributed by atoms with Gasteiger partial charge in [0.15, 0.2) is 0 Å². The Morgan fingerprint density at radius 3 is 3.00 bits per heavy atom. The summed E-state index contributed by atoms with van der Waals surface area (Å²) in [5.41, 5.74) is 0.412. The van der Waals surface area contributed by atoms with Gasteiger partial charge >= 0.3 is 5.97 Å². The third-order valence-corrected chi connectivity index (χ3v) is 1.76. The Kier molecular flexibility index (Phi) is 3.26. The molecule has 1 aromatic rings. The third kappa shape index (κ3) is 2.61. The van der Waals surface area contributed by atoms with Gasteiger partial charge in [0.1, 0.15) is 11.8 Å². The molecule has 1 heterocycles. The molecule has 1 unspecified atom stereocenters. The van der Waals surface area contributed by atoms with Crippen LogP contribution in [-0.4, -0.2) is 26.9 Å². The van der Waals surface area contributed by atoms with E-state index in [4.69, 9.17) is 10.4 Å². The van der Waals surface area contributed by atoms with Crippen LogP contribution in [0.4, 0.5) is 0 Å².